The number of aryl methyl sites for hydroxylation is 1. The van der Waals surface area contributed by atoms with Crippen LogP contribution in [0, 0.1) is 5.82 Å². The van der Waals surface area contributed by atoms with E-state index in [1.54, 1.807) is 12.1 Å². The van der Waals surface area contributed by atoms with Crippen molar-refractivity contribution in [3.8, 4) is 5.75 Å². The highest BCUT2D eigenvalue weighted by Crippen LogP contribution is 2.23. The number of hydrogen-bond donors (Lipinski definition) is 2. The number of phenols is 1. The van der Waals surface area contributed by atoms with Crippen LogP contribution in [0.5, 0.6) is 5.75 Å². The molecule has 0 aromatic heterocycles. The van der Waals surface area contributed by atoms with Crippen LogP contribution in [-0.4, -0.2) is 11.1 Å². The van der Waals surface area contributed by atoms with E-state index in [-0.39, 0.29) is 5.75 Å². The van der Waals surface area contributed by atoms with Gasteiger partial charge in [0.05, 0.1) is 0 Å². The molecule has 3 rings (SSSR count). The zero-order valence-electron chi connectivity index (χ0n) is 11.3. The number of aromatic hydroxyl groups is 1. The van der Waals surface area contributed by atoms with E-state index in [2.05, 4.69) is 29.6 Å². The van der Waals surface area contributed by atoms with Gasteiger partial charge in [-0.05, 0) is 36.5 Å². The standard InChI is InChI=1S/C17H18FNO/c18-16-7-3-6-14(17(16)20)11-19-15-9-8-12-4-1-2-5-13(12)10-15/h1-7,15,19-20H,8-11H2. The van der Waals surface area contributed by atoms with E-state index in [0.29, 0.717) is 18.2 Å². The lowest BCUT2D eigenvalue weighted by atomic mass is 9.88. The van der Waals surface area contributed by atoms with Crippen LogP contribution in [0.3, 0.4) is 0 Å². The van der Waals surface area contributed by atoms with Crippen LogP contribution in [-0.2, 0) is 19.4 Å². The average Bonchev–Trinajstić information content (AvgIpc) is 2.48. The van der Waals surface area contributed by atoms with Gasteiger partial charge in [-0.2, -0.15) is 0 Å². The molecule has 0 saturated carbocycles. The zero-order valence-corrected chi connectivity index (χ0v) is 11.3. The molecule has 0 radical (unpaired) electrons. The molecule has 1 aliphatic rings. The highest BCUT2D eigenvalue weighted by Gasteiger charge is 2.18. The van der Waals surface area contributed by atoms with Crippen molar-refractivity contribution in [2.24, 2.45) is 0 Å². The molecule has 20 heavy (non-hydrogen) atoms. The Bertz CT molecular complexity index is 612. The summed E-state index contributed by atoms with van der Waals surface area (Å²) in [4.78, 5) is 0. The lowest BCUT2D eigenvalue weighted by molar-refractivity contribution is 0.412. The molecule has 3 heteroatoms. The van der Waals surface area contributed by atoms with Crippen LogP contribution in [0.25, 0.3) is 0 Å². The quantitative estimate of drug-likeness (QED) is 0.898. The molecule has 1 atom stereocenters. The molecule has 2 nitrogen and oxygen atoms in total. The van der Waals surface area contributed by atoms with Gasteiger partial charge in [-0.3, -0.25) is 0 Å². The fourth-order valence-corrected chi connectivity index (χ4v) is 2.83. The molecule has 0 heterocycles. The molecule has 0 spiro atoms. The Hall–Kier alpha value is -1.87. The van der Waals surface area contributed by atoms with Gasteiger partial charge >= 0.3 is 0 Å². The van der Waals surface area contributed by atoms with E-state index in [1.165, 1.54) is 17.2 Å². The van der Waals surface area contributed by atoms with Crippen molar-refractivity contribution in [2.45, 2.75) is 31.8 Å². The summed E-state index contributed by atoms with van der Waals surface area (Å²) in [7, 11) is 0. The maximum atomic E-state index is 13.3. The van der Waals surface area contributed by atoms with Gasteiger partial charge in [0.15, 0.2) is 11.6 Å². The number of benzene rings is 2. The first-order valence-electron chi connectivity index (χ1n) is 7.00. The maximum absolute atomic E-state index is 13.3. The lowest BCUT2D eigenvalue weighted by Gasteiger charge is -2.25. The monoisotopic (exact) mass is 271 g/mol. The normalized spacial score (nSPS) is 17.8. The molecule has 0 bridgehead atoms. The van der Waals surface area contributed by atoms with Crippen molar-refractivity contribution in [1.29, 1.82) is 0 Å². The minimum atomic E-state index is -0.557. The lowest BCUT2D eigenvalue weighted by Crippen LogP contribution is -2.34. The van der Waals surface area contributed by atoms with Crippen molar-refractivity contribution < 1.29 is 9.50 Å². The second-order valence-corrected chi connectivity index (χ2v) is 5.34. The summed E-state index contributed by atoms with van der Waals surface area (Å²) in [5.74, 6) is -0.797. The molecule has 0 aliphatic heterocycles. The van der Waals surface area contributed by atoms with Crippen LogP contribution < -0.4 is 5.32 Å². The molecule has 0 saturated heterocycles. The minimum Gasteiger partial charge on any atom is -0.505 e. The van der Waals surface area contributed by atoms with Crippen molar-refractivity contribution in [3.63, 3.8) is 0 Å². The second-order valence-electron chi connectivity index (χ2n) is 5.34. The third kappa shape index (κ3) is 2.68. The highest BCUT2D eigenvalue weighted by molar-refractivity contribution is 5.34. The van der Waals surface area contributed by atoms with Gasteiger partial charge in [0.25, 0.3) is 0 Å². The Morgan fingerprint density at radius 1 is 1.10 bits per heavy atom. The summed E-state index contributed by atoms with van der Waals surface area (Å²) in [6.45, 7) is 0.496. The van der Waals surface area contributed by atoms with E-state index in [1.807, 2.05) is 0 Å². The molecule has 2 N–H and O–H groups in total. The van der Waals surface area contributed by atoms with E-state index >= 15 is 0 Å². The molecule has 2 aromatic carbocycles. The Kier molecular flexibility index (Phi) is 3.70. The summed E-state index contributed by atoms with van der Waals surface area (Å²) in [5.41, 5.74) is 3.43. The first kappa shape index (κ1) is 13.1. The van der Waals surface area contributed by atoms with Gasteiger partial charge in [-0.1, -0.05) is 36.4 Å². The largest absolute Gasteiger partial charge is 0.505 e. The number of nitrogens with one attached hydrogen (secondary N) is 1. The van der Waals surface area contributed by atoms with Gasteiger partial charge in [-0.15, -0.1) is 0 Å². The van der Waals surface area contributed by atoms with Gasteiger partial charge in [0, 0.05) is 18.2 Å². The first-order chi connectivity index (χ1) is 9.74. The molecular weight excluding hydrogens is 253 g/mol. The van der Waals surface area contributed by atoms with Crippen molar-refractivity contribution in [2.75, 3.05) is 0 Å². The smallest absolute Gasteiger partial charge is 0.165 e. The van der Waals surface area contributed by atoms with Crippen LogP contribution in [0.4, 0.5) is 4.39 Å². The zero-order chi connectivity index (χ0) is 13.9. The third-order valence-electron chi connectivity index (χ3n) is 4.00. The van der Waals surface area contributed by atoms with Crippen molar-refractivity contribution in [3.05, 3.63) is 65.0 Å². The number of rotatable bonds is 3. The predicted octanol–water partition coefficient (Wildman–Crippen LogP) is 3.18. The number of para-hydroxylation sites is 1. The molecule has 104 valence electrons. The van der Waals surface area contributed by atoms with Crippen LogP contribution in [0.2, 0.25) is 0 Å². The summed E-state index contributed by atoms with van der Waals surface area (Å²) >= 11 is 0. The number of phenolic OH excluding ortho intramolecular Hbond substituents is 1. The average molecular weight is 271 g/mol. The van der Waals surface area contributed by atoms with Crippen molar-refractivity contribution >= 4 is 0 Å². The topological polar surface area (TPSA) is 32.3 Å². The van der Waals surface area contributed by atoms with Crippen LogP contribution >= 0.6 is 0 Å². The Morgan fingerprint density at radius 3 is 2.75 bits per heavy atom. The van der Waals surface area contributed by atoms with Gasteiger partial charge in [0.2, 0.25) is 0 Å². The number of halogens is 1. The Labute approximate surface area is 118 Å². The molecular formula is C17H18FNO. The van der Waals surface area contributed by atoms with Crippen LogP contribution in [0.1, 0.15) is 23.1 Å². The Balaban J connectivity index is 1.64. The number of hydrogen-bond acceptors (Lipinski definition) is 2. The number of fused-ring (bicyclic) bond motifs is 1. The van der Waals surface area contributed by atoms with Gasteiger partial charge in [0.1, 0.15) is 0 Å². The first-order valence-corrected chi connectivity index (χ1v) is 7.00. The summed E-state index contributed by atoms with van der Waals surface area (Å²) in [6.07, 6.45) is 3.14. The maximum Gasteiger partial charge on any atom is 0.165 e. The van der Waals surface area contributed by atoms with Crippen molar-refractivity contribution in [1.82, 2.24) is 5.32 Å². The highest BCUT2D eigenvalue weighted by atomic mass is 19.1. The Morgan fingerprint density at radius 2 is 1.90 bits per heavy atom. The summed E-state index contributed by atoms with van der Waals surface area (Å²) in [5, 5.41) is 13.1. The van der Waals surface area contributed by atoms with Gasteiger partial charge < -0.3 is 10.4 Å². The molecule has 0 amide bonds. The molecule has 1 aliphatic carbocycles. The van der Waals surface area contributed by atoms with E-state index < -0.39 is 5.82 Å². The van der Waals surface area contributed by atoms with E-state index in [0.717, 1.165) is 19.3 Å². The fourth-order valence-electron chi connectivity index (χ4n) is 2.83. The molecule has 2 aromatic rings. The summed E-state index contributed by atoms with van der Waals surface area (Å²) < 4.78 is 13.3. The third-order valence-corrected chi connectivity index (χ3v) is 4.00. The predicted molar refractivity (Wildman–Crippen MR) is 77.2 cm³/mol. The summed E-state index contributed by atoms with van der Waals surface area (Å²) in [6, 6.07) is 13.5. The molecule has 1 unspecified atom stereocenters. The molecule has 0 fully saturated rings. The van der Waals surface area contributed by atoms with E-state index in [4.69, 9.17) is 0 Å². The van der Waals surface area contributed by atoms with Crippen LogP contribution in [0.15, 0.2) is 42.5 Å². The fraction of sp³-hybridized carbons (Fsp3) is 0.294. The van der Waals surface area contributed by atoms with E-state index in [9.17, 15) is 9.50 Å². The minimum absolute atomic E-state index is 0.240. The second kappa shape index (κ2) is 5.63. The van der Waals surface area contributed by atoms with Gasteiger partial charge in [-0.25, -0.2) is 4.39 Å². The SMILES string of the molecule is Oc1c(F)cccc1CNC1CCc2ccccc2C1.